The zero-order valence-electron chi connectivity index (χ0n) is 17.5. The lowest BCUT2D eigenvalue weighted by Gasteiger charge is -2.32. The van der Waals surface area contributed by atoms with Crippen LogP contribution in [0.4, 0.5) is 10.9 Å². The van der Waals surface area contributed by atoms with E-state index in [1.54, 1.807) is 11.3 Å². The number of benzene rings is 1. The van der Waals surface area contributed by atoms with Crippen molar-refractivity contribution in [2.75, 3.05) is 49.2 Å². The van der Waals surface area contributed by atoms with Crippen LogP contribution in [0.15, 0.2) is 42.6 Å². The molecule has 2 aliphatic heterocycles. The van der Waals surface area contributed by atoms with E-state index in [0.717, 1.165) is 61.1 Å². The number of pyridine rings is 1. The molecule has 8 heteroatoms. The summed E-state index contributed by atoms with van der Waals surface area (Å²) < 4.78 is 6.65. The molecule has 4 heterocycles. The molecule has 2 saturated heterocycles. The van der Waals surface area contributed by atoms with Crippen LogP contribution in [-0.2, 0) is 16.1 Å². The van der Waals surface area contributed by atoms with Gasteiger partial charge < -0.3 is 19.9 Å². The molecule has 1 aromatic carbocycles. The number of nitrogens with zero attached hydrogens (tertiary/aromatic N) is 4. The first-order valence-corrected chi connectivity index (χ1v) is 11.7. The fourth-order valence-corrected chi connectivity index (χ4v) is 5.32. The zero-order valence-corrected chi connectivity index (χ0v) is 18.3. The maximum atomic E-state index is 13.0. The molecule has 0 saturated carbocycles. The van der Waals surface area contributed by atoms with Crippen molar-refractivity contribution in [3.05, 3.63) is 48.2 Å². The van der Waals surface area contributed by atoms with Gasteiger partial charge in [-0.05, 0) is 31.0 Å². The Labute approximate surface area is 186 Å². The molecule has 1 atom stereocenters. The second-order valence-corrected chi connectivity index (χ2v) is 9.06. The van der Waals surface area contributed by atoms with Gasteiger partial charge in [-0.2, -0.15) is 0 Å². The Hall–Kier alpha value is -2.71. The number of ether oxygens (including phenoxy) is 1. The normalized spacial score (nSPS) is 19.5. The minimum atomic E-state index is -0.0238. The van der Waals surface area contributed by atoms with Gasteiger partial charge in [-0.15, -0.1) is 0 Å². The minimum Gasteiger partial charge on any atom is -0.378 e. The van der Waals surface area contributed by atoms with Gasteiger partial charge in [-0.25, -0.2) is 9.97 Å². The summed E-state index contributed by atoms with van der Waals surface area (Å²) >= 11 is 1.70. The number of fused-ring (bicyclic) bond motifs is 1. The molecule has 2 aliphatic rings. The number of piperidine rings is 1. The van der Waals surface area contributed by atoms with Crippen molar-refractivity contribution in [2.45, 2.75) is 19.4 Å². The summed E-state index contributed by atoms with van der Waals surface area (Å²) in [6.07, 6.45) is 3.73. The number of hydrogen-bond donors (Lipinski definition) is 1. The van der Waals surface area contributed by atoms with Gasteiger partial charge in [-0.3, -0.25) is 4.79 Å². The van der Waals surface area contributed by atoms with Crippen LogP contribution in [0.5, 0.6) is 0 Å². The van der Waals surface area contributed by atoms with Gasteiger partial charge >= 0.3 is 0 Å². The zero-order chi connectivity index (χ0) is 21.0. The van der Waals surface area contributed by atoms with Crippen LogP contribution in [0.2, 0.25) is 0 Å². The van der Waals surface area contributed by atoms with Crippen molar-refractivity contribution in [3.63, 3.8) is 0 Å². The Morgan fingerprint density at radius 2 is 2.00 bits per heavy atom. The van der Waals surface area contributed by atoms with Gasteiger partial charge in [0, 0.05) is 44.5 Å². The van der Waals surface area contributed by atoms with Crippen LogP contribution >= 0.6 is 11.3 Å². The Balaban J connectivity index is 1.23. The fourth-order valence-electron chi connectivity index (χ4n) is 4.32. The lowest BCUT2D eigenvalue weighted by Crippen LogP contribution is -2.43. The third-order valence-electron chi connectivity index (χ3n) is 5.98. The van der Waals surface area contributed by atoms with E-state index in [1.807, 2.05) is 36.5 Å². The van der Waals surface area contributed by atoms with Crippen LogP contribution in [-0.4, -0.2) is 55.3 Å². The molecular formula is C23H27N5O2S. The number of carbonyl (C=O) groups excluding carboxylic acids is 1. The smallest absolute Gasteiger partial charge is 0.225 e. The van der Waals surface area contributed by atoms with E-state index in [2.05, 4.69) is 26.2 Å². The lowest BCUT2D eigenvalue weighted by atomic mass is 9.97. The molecule has 0 radical (unpaired) electrons. The summed E-state index contributed by atoms with van der Waals surface area (Å²) in [5.41, 5.74) is 2.08. The van der Waals surface area contributed by atoms with Crippen molar-refractivity contribution < 1.29 is 9.53 Å². The summed E-state index contributed by atoms with van der Waals surface area (Å²) in [5.74, 6) is 1.04. The number of thiazole rings is 1. The molecule has 0 aliphatic carbocycles. The van der Waals surface area contributed by atoms with Gasteiger partial charge in [-0.1, -0.05) is 29.5 Å². The van der Waals surface area contributed by atoms with E-state index in [4.69, 9.17) is 9.72 Å². The highest BCUT2D eigenvalue weighted by molar-refractivity contribution is 7.22. The monoisotopic (exact) mass is 437 g/mol. The Morgan fingerprint density at radius 1 is 1.13 bits per heavy atom. The maximum absolute atomic E-state index is 13.0. The number of nitrogens with one attached hydrogen (secondary N) is 1. The molecule has 31 heavy (non-hydrogen) atoms. The number of rotatable bonds is 5. The highest BCUT2D eigenvalue weighted by atomic mass is 32.1. The quantitative estimate of drug-likeness (QED) is 0.662. The Morgan fingerprint density at radius 3 is 2.87 bits per heavy atom. The number of morpholine rings is 1. The Kier molecular flexibility index (Phi) is 5.99. The minimum absolute atomic E-state index is 0.0238. The number of carbonyl (C=O) groups is 1. The van der Waals surface area contributed by atoms with E-state index in [0.29, 0.717) is 19.8 Å². The molecule has 0 spiro atoms. The first-order chi connectivity index (χ1) is 15.3. The lowest BCUT2D eigenvalue weighted by molar-refractivity contribution is -0.125. The number of hydrogen-bond acceptors (Lipinski definition) is 7. The van der Waals surface area contributed by atoms with Crippen molar-refractivity contribution in [1.29, 1.82) is 0 Å². The van der Waals surface area contributed by atoms with Crippen LogP contribution in [0.25, 0.3) is 10.2 Å². The summed E-state index contributed by atoms with van der Waals surface area (Å²) in [6, 6.07) is 12.2. The first-order valence-electron chi connectivity index (χ1n) is 10.9. The molecule has 2 aromatic heterocycles. The van der Waals surface area contributed by atoms with E-state index >= 15 is 0 Å². The molecule has 162 valence electrons. The highest BCUT2D eigenvalue weighted by Gasteiger charge is 2.27. The van der Waals surface area contributed by atoms with Crippen LogP contribution in [0, 0.1) is 5.92 Å². The molecule has 3 aromatic rings. The second-order valence-electron chi connectivity index (χ2n) is 8.05. The van der Waals surface area contributed by atoms with Crippen molar-refractivity contribution in [1.82, 2.24) is 15.3 Å². The average molecular weight is 438 g/mol. The largest absolute Gasteiger partial charge is 0.378 e. The first kappa shape index (κ1) is 20.2. The summed E-state index contributed by atoms with van der Waals surface area (Å²) in [7, 11) is 0. The predicted molar refractivity (Wildman–Crippen MR) is 124 cm³/mol. The van der Waals surface area contributed by atoms with Gasteiger partial charge in [0.25, 0.3) is 0 Å². The molecule has 0 bridgehead atoms. The predicted octanol–water partition coefficient (Wildman–Crippen LogP) is 3.06. The van der Waals surface area contributed by atoms with Crippen molar-refractivity contribution >= 4 is 38.4 Å². The molecule has 1 amide bonds. The van der Waals surface area contributed by atoms with Crippen LogP contribution < -0.4 is 15.1 Å². The third kappa shape index (κ3) is 4.50. The van der Waals surface area contributed by atoms with Gasteiger partial charge in [0.2, 0.25) is 5.91 Å². The maximum Gasteiger partial charge on any atom is 0.225 e. The number of para-hydroxylation sites is 1. The van der Waals surface area contributed by atoms with E-state index < -0.39 is 0 Å². The fraction of sp³-hybridized carbons (Fsp3) is 0.435. The topological polar surface area (TPSA) is 70.6 Å². The summed E-state index contributed by atoms with van der Waals surface area (Å²) in [4.78, 5) is 26.8. The number of amides is 1. The number of anilines is 2. The SMILES string of the molecule is O=C(NCc1cccnc1N1CCOCC1)[C@H]1CCCN(c2nc3ccccc3s2)C1. The van der Waals surface area contributed by atoms with E-state index in [1.165, 1.54) is 4.70 Å². The molecule has 2 fully saturated rings. The number of aromatic nitrogens is 2. The van der Waals surface area contributed by atoms with Crippen LogP contribution in [0.1, 0.15) is 18.4 Å². The molecule has 5 rings (SSSR count). The molecule has 7 nitrogen and oxygen atoms in total. The van der Waals surface area contributed by atoms with Crippen molar-refractivity contribution in [2.24, 2.45) is 5.92 Å². The molecule has 1 N–H and O–H groups in total. The summed E-state index contributed by atoms with van der Waals surface area (Å²) in [5, 5.41) is 4.18. The van der Waals surface area contributed by atoms with E-state index in [-0.39, 0.29) is 11.8 Å². The standard InChI is InChI=1S/C23H27N5O2S/c29-22(25-15-17-5-3-9-24-21(17)27-11-13-30-14-12-27)18-6-4-10-28(16-18)23-26-19-7-1-2-8-20(19)31-23/h1-3,5,7-9,18H,4,6,10-16H2,(H,25,29)/t18-/m0/s1. The second kappa shape index (κ2) is 9.20. The van der Waals surface area contributed by atoms with Crippen molar-refractivity contribution in [3.8, 4) is 0 Å². The molecule has 0 unspecified atom stereocenters. The van der Waals surface area contributed by atoms with Gasteiger partial charge in [0.05, 0.1) is 29.3 Å². The van der Waals surface area contributed by atoms with Gasteiger partial charge in [0.15, 0.2) is 5.13 Å². The highest BCUT2D eigenvalue weighted by Crippen LogP contribution is 2.31. The average Bonchev–Trinajstić information content (AvgIpc) is 3.28. The van der Waals surface area contributed by atoms with Gasteiger partial charge in [0.1, 0.15) is 5.82 Å². The third-order valence-corrected chi connectivity index (χ3v) is 7.07. The molecular weight excluding hydrogens is 410 g/mol. The van der Waals surface area contributed by atoms with Crippen LogP contribution in [0.3, 0.4) is 0 Å². The Bertz CT molecular complexity index is 1020. The van der Waals surface area contributed by atoms with E-state index in [9.17, 15) is 4.79 Å². The summed E-state index contributed by atoms with van der Waals surface area (Å²) in [6.45, 7) is 5.26.